The van der Waals surface area contributed by atoms with Gasteiger partial charge in [-0.25, -0.2) is 18.4 Å². The largest absolute Gasteiger partial charge is 0.504 e. The van der Waals surface area contributed by atoms with Crippen LogP contribution >= 0.6 is 11.6 Å². The number of carbonyl (C=O) groups excluding carboxylic acids is 1. The lowest BCUT2D eigenvalue weighted by Gasteiger charge is -2.21. The van der Waals surface area contributed by atoms with Crippen LogP contribution in [0.3, 0.4) is 0 Å². The SMILES string of the molecule is Cc1oncc1N(C(N)=O)c1ccc(Cl)c(S(N)(=O)=O)c1O. The number of urea groups is 1. The summed E-state index contributed by atoms with van der Waals surface area (Å²) >= 11 is 5.74. The van der Waals surface area contributed by atoms with Crippen molar-refractivity contribution in [3.8, 4) is 5.75 Å². The Hall–Kier alpha value is -2.30. The molecular formula is C11H11ClN4O5S. The van der Waals surface area contributed by atoms with Crippen molar-refractivity contribution in [3.63, 3.8) is 0 Å². The van der Waals surface area contributed by atoms with Crippen molar-refractivity contribution in [2.75, 3.05) is 4.90 Å². The fourth-order valence-corrected chi connectivity index (χ4v) is 3.05. The topological polar surface area (TPSA) is 153 Å². The first-order chi connectivity index (χ1) is 10.1. The molecule has 118 valence electrons. The normalized spacial score (nSPS) is 11.4. The summed E-state index contributed by atoms with van der Waals surface area (Å²) in [5.74, 6) is -0.584. The highest BCUT2D eigenvalue weighted by molar-refractivity contribution is 7.89. The Bertz CT molecular complexity index is 848. The van der Waals surface area contributed by atoms with E-state index in [1.54, 1.807) is 0 Å². The van der Waals surface area contributed by atoms with Gasteiger partial charge in [-0.15, -0.1) is 0 Å². The van der Waals surface area contributed by atoms with E-state index in [1.165, 1.54) is 19.2 Å². The van der Waals surface area contributed by atoms with Gasteiger partial charge in [0.05, 0.1) is 16.9 Å². The van der Waals surface area contributed by atoms with Crippen molar-refractivity contribution in [1.82, 2.24) is 5.16 Å². The van der Waals surface area contributed by atoms with Gasteiger partial charge in [0.2, 0.25) is 10.0 Å². The summed E-state index contributed by atoms with van der Waals surface area (Å²) in [6.07, 6.45) is 1.19. The van der Waals surface area contributed by atoms with Crippen molar-refractivity contribution in [2.45, 2.75) is 11.8 Å². The third kappa shape index (κ3) is 2.71. The minimum Gasteiger partial charge on any atom is -0.504 e. The van der Waals surface area contributed by atoms with E-state index in [4.69, 9.17) is 27.0 Å². The maximum Gasteiger partial charge on any atom is 0.324 e. The third-order valence-corrected chi connectivity index (χ3v) is 4.18. The fourth-order valence-electron chi connectivity index (χ4n) is 1.86. The number of hydrogen-bond donors (Lipinski definition) is 3. The Balaban J connectivity index is 2.75. The van der Waals surface area contributed by atoms with Gasteiger partial charge >= 0.3 is 6.03 Å². The van der Waals surface area contributed by atoms with Gasteiger partial charge in [-0.3, -0.25) is 4.90 Å². The Morgan fingerprint density at radius 2 is 2.05 bits per heavy atom. The number of phenolic OH excluding ortho intramolecular Hbond substituents is 1. The van der Waals surface area contributed by atoms with Crippen LogP contribution in [0.1, 0.15) is 5.76 Å². The van der Waals surface area contributed by atoms with Gasteiger partial charge in [-0.05, 0) is 19.1 Å². The van der Waals surface area contributed by atoms with Crippen LogP contribution < -0.4 is 15.8 Å². The molecule has 0 saturated carbocycles. The van der Waals surface area contributed by atoms with Crippen molar-refractivity contribution in [3.05, 3.63) is 29.1 Å². The first-order valence-corrected chi connectivity index (χ1v) is 7.62. The van der Waals surface area contributed by atoms with Gasteiger partial charge in [0, 0.05) is 0 Å². The molecule has 0 atom stereocenters. The number of halogens is 1. The number of sulfonamides is 1. The summed E-state index contributed by atoms with van der Waals surface area (Å²) in [7, 11) is -4.32. The standard InChI is InChI=1S/C11H11ClN4O5S/c1-5-8(4-15-21-5)16(11(13)18)7-3-2-6(12)10(9(7)17)22(14,19)20/h2-4,17H,1H3,(H2,13,18)(H2,14,19,20). The van der Waals surface area contributed by atoms with E-state index < -0.39 is 26.7 Å². The van der Waals surface area contributed by atoms with E-state index in [9.17, 15) is 18.3 Å². The summed E-state index contributed by atoms with van der Waals surface area (Å²) in [6, 6.07) is 1.38. The smallest absolute Gasteiger partial charge is 0.324 e. The van der Waals surface area contributed by atoms with Crippen molar-refractivity contribution in [2.24, 2.45) is 10.9 Å². The number of amides is 2. The van der Waals surface area contributed by atoms with Gasteiger partial charge in [0.1, 0.15) is 10.6 Å². The molecule has 0 aliphatic heterocycles. The number of nitrogens with two attached hydrogens (primary N) is 2. The number of aromatic hydroxyl groups is 1. The zero-order valence-electron chi connectivity index (χ0n) is 11.1. The van der Waals surface area contributed by atoms with E-state index in [0.717, 1.165) is 11.0 Å². The number of hydrogen-bond acceptors (Lipinski definition) is 6. The predicted molar refractivity (Wildman–Crippen MR) is 77.5 cm³/mol. The Kier molecular flexibility index (Phi) is 4.00. The lowest BCUT2D eigenvalue weighted by molar-refractivity contribution is 0.255. The molecule has 2 rings (SSSR count). The molecule has 0 aliphatic rings. The van der Waals surface area contributed by atoms with Gasteiger partial charge in [-0.1, -0.05) is 16.8 Å². The molecule has 0 saturated heterocycles. The van der Waals surface area contributed by atoms with Crippen LogP contribution in [0.2, 0.25) is 5.02 Å². The monoisotopic (exact) mass is 346 g/mol. The highest BCUT2D eigenvalue weighted by Crippen LogP contribution is 2.41. The Morgan fingerprint density at radius 3 is 2.50 bits per heavy atom. The Morgan fingerprint density at radius 1 is 1.41 bits per heavy atom. The third-order valence-electron chi connectivity index (χ3n) is 2.77. The summed E-state index contributed by atoms with van der Waals surface area (Å²) in [4.78, 5) is 11.8. The molecule has 0 aliphatic carbocycles. The van der Waals surface area contributed by atoms with Crippen molar-refractivity contribution in [1.29, 1.82) is 0 Å². The van der Waals surface area contributed by atoms with Crippen LogP contribution in [-0.2, 0) is 10.0 Å². The van der Waals surface area contributed by atoms with Crippen LogP contribution in [0.15, 0.2) is 27.7 Å². The van der Waals surface area contributed by atoms with E-state index in [2.05, 4.69) is 5.16 Å². The maximum absolute atomic E-state index is 11.7. The number of primary sulfonamides is 1. The van der Waals surface area contributed by atoms with E-state index >= 15 is 0 Å². The summed E-state index contributed by atoms with van der Waals surface area (Å²) < 4.78 is 27.9. The molecule has 2 amide bonds. The molecule has 22 heavy (non-hydrogen) atoms. The molecule has 2 aromatic rings. The van der Waals surface area contributed by atoms with Crippen LogP contribution in [0.25, 0.3) is 0 Å². The first kappa shape index (κ1) is 16.1. The van der Waals surface area contributed by atoms with Gasteiger partial charge in [-0.2, -0.15) is 0 Å². The van der Waals surface area contributed by atoms with Crippen LogP contribution in [-0.4, -0.2) is 24.7 Å². The number of primary amides is 1. The molecule has 0 radical (unpaired) electrons. The van der Waals surface area contributed by atoms with E-state index in [1.807, 2.05) is 0 Å². The lowest BCUT2D eigenvalue weighted by Crippen LogP contribution is -2.32. The second-order valence-corrected chi connectivity index (χ2v) is 6.14. The quantitative estimate of drug-likeness (QED) is 0.759. The van der Waals surface area contributed by atoms with E-state index in [0.29, 0.717) is 0 Å². The van der Waals surface area contributed by atoms with Crippen LogP contribution in [0.5, 0.6) is 5.75 Å². The molecular weight excluding hydrogens is 336 g/mol. The number of aromatic nitrogens is 1. The zero-order valence-corrected chi connectivity index (χ0v) is 12.7. The number of nitrogens with zero attached hydrogens (tertiary/aromatic N) is 2. The summed E-state index contributed by atoms with van der Waals surface area (Å²) in [5.41, 5.74) is 5.19. The molecule has 0 unspecified atom stereocenters. The average molecular weight is 347 g/mol. The number of rotatable bonds is 3. The zero-order chi connectivity index (χ0) is 16.7. The van der Waals surface area contributed by atoms with Crippen molar-refractivity contribution >= 4 is 39.0 Å². The van der Waals surface area contributed by atoms with Crippen LogP contribution in [0, 0.1) is 6.92 Å². The molecule has 0 fully saturated rings. The molecule has 1 aromatic heterocycles. The highest BCUT2D eigenvalue weighted by Gasteiger charge is 2.28. The molecule has 5 N–H and O–H groups in total. The second kappa shape index (κ2) is 5.48. The Labute approximate surface area is 130 Å². The number of aryl methyl sites for hydroxylation is 1. The van der Waals surface area contributed by atoms with Gasteiger partial charge < -0.3 is 15.4 Å². The lowest BCUT2D eigenvalue weighted by atomic mass is 10.2. The molecule has 11 heteroatoms. The molecule has 0 spiro atoms. The number of benzene rings is 1. The molecule has 9 nitrogen and oxygen atoms in total. The molecule has 0 bridgehead atoms. The maximum atomic E-state index is 11.7. The highest BCUT2D eigenvalue weighted by atomic mass is 35.5. The summed E-state index contributed by atoms with van der Waals surface area (Å²) in [6.45, 7) is 1.51. The minimum atomic E-state index is -4.32. The van der Waals surface area contributed by atoms with Crippen LogP contribution in [0.4, 0.5) is 16.2 Å². The number of phenols is 1. The van der Waals surface area contributed by atoms with E-state index in [-0.39, 0.29) is 22.2 Å². The summed E-state index contributed by atoms with van der Waals surface area (Å²) in [5, 5.41) is 18.4. The number of anilines is 2. The second-order valence-electron chi connectivity index (χ2n) is 4.23. The van der Waals surface area contributed by atoms with Gasteiger partial charge in [0.15, 0.2) is 11.5 Å². The molecule has 1 heterocycles. The predicted octanol–water partition coefficient (Wildman–Crippen LogP) is 1.21. The average Bonchev–Trinajstić information content (AvgIpc) is 2.77. The minimum absolute atomic E-state index is 0.130. The van der Waals surface area contributed by atoms with Gasteiger partial charge in [0.25, 0.3) is 0 Å². The van der Waals surface area contributed by atoms with Crippen molar-refractivity contribution < 1.29 is 22.8 Å². The first-order valence-electron chi connectivity index (χ1n) is 5.69. The molecule has 1 aromatic carbocycles. The fraction of sp³-hybridized carbons (Fsp3) is 0.0909. The number of carbonyl (C=O) groups is 1.